The van der Waals surface area contributed by atoms with Crippen molar-refractivity contribution in [2.45, 2.75) is 76.8 Å². The fraction of sp³-hybridized carbons (Fsp3) is 1.00. The molecule has 0 spiro atoms. The lowest BCUT2D eigenvalue weighted by Gasteiger charge is -2.58. The Balaban J connectivity index is 1.88. The Labute approximate surface area is 107 Å². The Hall–Kier alpha value is -0.0400. The summed E-state index contributed by atoms with van der Waals surface area (Å²) in [5.41, 5.74) is 0. The van der Waals surface area contributed by atoms with E-state index in [0.29, 0.717) is 0 Å². The first-order valence-corrected chi connectivity index (χ1v) is 8.10. The molecule has 0 aromatic heterocycles. The van der Waals surface area contributed by atoms with Crippen molar-refractivity contribution in [3.05, 3.63) is 0 Å². The SMILES string of the molecule is CC[N+]1(C)[C@@H]2CCCC[C@@H]2C[C@H]2CCCC[C@@H]21. The van der Waals surface area contributed by atoms with Gasteiger partial charge in [0.1, 0.15) is 0 Å². The summed E-state index contributed by atoms with van der Waals surface area (Å²) in [5, 5.41) is 0. The molecule has 0 radical (unpaired) electrons. The van der Waals surface area contributed by atoms with E-state index in [2.05, 4.69) is 14.0 Å². The maximum atomic E-state index is 2.60. The van der Waals surface area contributed by atoms with Crippen LogP contribution in [-0.2, 0) is 0 Å². The van der Waals surface area contributed by atoms with Gasteiger partial charge in [0.2, 0.25) is 0 Å². The van der Waals surface area contributed by atoms with Crippen molar-refractivity contribution >= 4 is 0 Å². The molecule has 0 aromatic carbocycles. The van der Waals surface area contributed by atoms with Gasteiger partial charge in [-0.2, -0.15) is 0 Å². The van der Waals surface area contributed by atoms with E-state index < -0.39 is 0 Å². The predicted octanol–water partition coefficient (Wildman–Crippen LogP) is 3.97. The minimum absolute atomic E-state index is 1.02. The summed E-state index contributed by atoms with van der Waals surface area (Å²) in [6, 6.07) is 2.04. The molecule has 1 saturated heterocycles. The molecule has 3 fully saturated rings. The third kappa shape index (κ3) is 1.85. The molecule has 1 heterocycles. The first-order valence-electron chi connectivity index (χ1n) is 8.10. The molecule has 1 unspecified atom stereocenters. The van der Waals surface area contributed by atoms with Crippen molar-refractivity contribution in [3.63, 3.8) is 0 Å². The highest BCUT2D eigenvalue weighted by molar-refractivity contribution is 4.90. The zero-order chi connectivity index (χ0) is 11.9. The molecule has 3 aliphatic rings. The number of rotatable bonds is 1. The number of quaternary nitrogens is 1. The predicted molar refractivity (Wildman–Crippen MR) is 72.8 cm³/mol. The molecule has 1 aliphatic heterocycles. The highest BCUT2D eigenvalue weighted by atomic mass is 15.4. The van der Waals surface area contributed by atoms with Crippen LogP contribution in [0.5, 0.6) is 0 Å². The van der Waals surface area contributed by atoms with Crippen molar-refractivity contribution in [2.24, 2.45) is 11.8 Å². The van der Waals surface area contributed by atoms with Gasteiger partial charge in [0.05, 0.1) is 25.7 Å². The standard InChI is InChI=1S/C16H30N/c1-3-17(2)15-10-6-4-8-13(15)12-14-9-5-7-11-16(14)17/h13-16H,3-12H2,1-2H3/q+1/t13-,14-,15-,16+,17?/m1/s1. The Morgan fingerprint density at radius 3 is 1.76 bits per heavy atom. The summed E-state index contributed by atoms with van der Waals surface area (Å²) in [4.78, 5) is 0. The molecule has 5 atom stereocenters. The lowest BCUT2D eigenvalue weighted by atomic mass is 9.66. The van der Waals surface area contributed by atoms with Crippen LogP contribution in [0.2, 0.25) is 0 Å². The normalized spacial score (nSPS) is 50.5. The zero-order valence-corrected chi connectivity index (χ0v) is 11.8. The summed E-state index contributed by atoms with van der Waals surface area (Å²) in [7, 11) is 2.60. The van der Waals surface area contributed by atoms with Gasteiger partial charge in [0.15, 0.2) is 0 Å². The molecule has 98 valence electrons. The largest absolute Gasteiger partial charge is 0.321 e. The molecule has 2 aliphatic carbocycles. The van der Waals surface area contributed by atoms with Gasteiger partial charge in [-0.15, -0.1) is 0 Å². The second-order valence-corrected chi connectivity index (χ2v) is 7.12. The second-order valence-electron chi connectivity index (χ2n) is 7.12. The Bertz CT molecular complexity index is 251. The maximum absolute atomic E-state index is 2.60. The molecule has 0 aromatic rings. The van der Waals surface area contributed by atoms with E-state index in [1.807, 2.05) is 0 Å². The summed E-state index contributed by atoms with van der Waals surface area (Å²) < 4.78 is 1.44. The number of fused-ring (bicyclic) bond motifs is 2. The summed E-state index contributed by atoms with van der Waals surface area (Å²) in [6.45, 7) is 3.82. The molecular formula is C16H30N+. The van der Waals surface area contributed by atoms with E-state index in [4.69, 9.17) is 0 Å². The Kier molecular flexibility index (Phi) is 3.23. The zero-order valence-electron chi connectivity index (χ0n) is 11.8. The van der Waals surface area contributed by atoms with Crippen molar-refractivity contribution in [2.75, 3.05) is 13.6 Å². The molecule has 0 amide bonds. The summed E-state index contributed by atoms with van der Waals surface area (Å²) in [6.07, 6.45) is 13.8. The number of piperidine rings is 1. The van der Waals surface area contributed by atoms with Gasteiger partial charge in [-0.05, 0) is 51.9 Å². The van der Waals surface area contributed by atoms with Crippen LogP contribution in [0.25, 0.3) is 0 Å². The Morgan fingerprint density at radius 1 is 0.824 bits per heavy atom. The minimum atomic E-state index is 1.02. The third-order valence-corrected chi connectivity index (χ3v) is 6.54. The molecule has 0 bridgehead atoms. The quantitative estimate of drug-likeness (QED) is 0.604. The number of likely N-dealkylation sites (tertiary alicyclic amines) is 1. The third-order valence-electron chi connectivity index (χ3n) is 6.54. The van der Waals surface area contributed by atoms with Crippen LogP contribution < -0.4 is 0 Å². The smallest absolute Gasteiger partial charge is 0.0918 e. The van der Waals surface area contributed by atoms with Crippen LogP contribution in [0.4, 0.5) is 0 Å². The first kappa shape index (κ1) is 12.0. The van der Waals surface area contributed by atoms with E-state index >= 15 is 0 Å². The molecule has 1 heteroatoms. The van der Waals surface area contributed by atoms with Crippen LogP contribution in [0.15, 0.2) is 0 Å². The van der Waals surface area contributed by atoms with Crippen LogP contribution in [0.3, 0.4) is 0 Å². The lowest BCUT2D eigenvalue weighted by Crippen LogP contribution is -2.67. The summed E-state index contributed by atoms with van der Waals surface area (Å²) >= 11 is 0. The van der Waals surface area contributed by atoms with Gasteiger partial charge in [-0.3, -0.25) is 0 Å². The number of hydrogen-bond acceptors (Lipinski definition) is 0. The molecular weight excluding hydrogens is 206 g/mol. The fourth-order valence-electron chi connectivity index (χ4n) is 5.58. The van der Waals surface area contributed by atoms with E-state index in [1.54, 1.807) is 19.3 Å². The topological polar surface area (TPSA) is 0 Å². The fourth-order valence-corrected chi connectivity index (χ4v) is 5.58. The van der Waals surface area contributed by atoms with Gasteiger partial charge in [-0.1, -0.05) is 12.8 Å². The Morgan fingerprint density at radius 2 is 1.29 bits per heavy atom. The highest BCUT2D eigenvalue weighted by Gasteiger charge is 2.52. The van der Waals surface area contributed by atoms with E-state index in [1.165, 1.54) is 49.6 Å². The highest BCUT2D eigenvalue weighted by Crippen LogP contribution is 2.48. The number of nitrogens with zero attached hydrogens (tertiary/aromatic N) is 1. The molecule has 3 rings (SSSR count). The average Bonchev–Trinajstić information content (AvgIpc) is 2.39. The van der Waals surface area contributed by atoms with Gasteiger partial charge < -0.3 is 4.48 Å². The van der Waals surface area contributed by atoms with Gasteiger partial charge in [0.25, 0.3) is 0 Å². The summed E-state index contributed by atoms with van der Waals surface area (Å²) in [5.74, 6) is 2.15. The molecule has 2 saturated carbocycles. The van der Waals surface area contributed by atoms with Crippen molar-refractivity contribution < 1.29 is 4.48 Å². The second kappa shape index (κ2) is 4.57. The van der Waals surface area contributed by atoms with Crippen LogP contribution >= 0.6 is 0 Å². The molecule has 17 heavy (non-hydrogen) atoms. The van der Waals surface area contributed by atoms with Crippen LogP contribution in [0.1, 0.15) is 64.7 Å². The van der Waals surface area contributed by atoms with Gasteiger partial charge >= 0.3 is 0 Å². The van der Waals surface area contributed by atoms with E-state index in [9.17, 15) is 0 Å². The minimum Gasteiger partial charge on any atom is -0.321 e. The first-order chi connectivity index (χ1) is 8.25. The van der Waals surface area contributed by atoms with Crippen LogP contribution in [0, 0.1) is 11.8 Å². The van der Waals surface area contributed by atoms with Gasteiger partial charge in [-0.25, -0.2) is 0 Å². The monoisotopic (exact) mass is 236 g/mol. The van der Waals surface area contributed by atoms with Crippen molar-refractivity contribution in [1.82, 2.24) is 0 Å². The lowest BCUT2D eigenvalue weighted by molar-refractivity contribution is -0.970. The maximum Gasteiger partial charge on any atom is 0.0918 e. The van der Waals surface area contributed by atoms with Gasteiger partial charge in [0, 0.05) is 11.8 Å². The molecule has 0 N–H and O–H groups in total. The van der Waals surface area contributed by atoms with E-state index in [-0.39, 0.29) is 0 Å². The number of hydrogen-bond donors (Lipinski definition) is 0. The van der Waals surface area contributed by atoms with Crippen molar-refractivity contribution in [1.29, 1.82) is 0 Å². The van der Waals surface area contributed by atoms with Crippen molar-refractivity contribution in [3.8, 4) is 0 Å². The average molecular weight is 236 g/mol. The van der Waals surface area contributed by atoms with Crippen LogP contribution in [-0.4, -0.2) is 30.2 Å². The van der Waals surface area contributed by atoms with E-state index in [0.717, 1.165) is 23.9 Å². The molecule has 1 nitrogen and oxygen atoms in total.